The third kappa shape index (κ3) is 2.76. The van der Waals surface area contributed by atoms with Crippen LogP contribution in [0.25, 0.3) is 0 Å². The molecular weight excluding hydrogens is 210 g/mol. The molecule has 0 saturated carbocycles. The van der Waals surface area contributed by atoms with Gasteiger partial charge in [-0.3, -0.25) is 4.68 Å². The third-order valence-electron chi connectivity index (χ3n) is 1.92. The Bertz CT molecular complexity index is 408. The van der Waals surface area contributed by atoms with Crippen molar-refractivity contribution in [3.05, 3.63) is 23.5 Å². The molecule has 1 unspecified atom stereocenters. The maximum absolute atomic E-state index is 4.15. The Hall–Kier alpha value is -1.43. The van der Waals surface area contributed by atoms with Crippen molar-refractivity contribution in [3.8, 4) is 0 Å². The van der Waals surface area contributed by atoms with Crippen LogP contribution >= 0.6 is 11.3 Å². The molecule has 0 amide bonds. The number of aromatic nitrogens is 4. The van der Waals surface area contributed by atoms with Crippen molar-refractivity contribution in [1.82, 2.24) is 20.0 Å². The van der Waals surface area contributed by atoms with Crippen LogP contribution in [0.2, 0.25) is 0 Å². The summed E-state index contributed by atoms with van der Waals surface area (Å²) in [5, 5.41) is 17.2. The average molecular weight is 223 g/mol. The molecule has 0 aliphatic rings. The highest BCUT2D eigenvalue weighted by atomic mass is 32.1. The van der Waals surface area contributed by atoms with Crippen molar-refractivity contribution in [1.29, 1.82) is 0 Å². The zero-order valence-corrected chi connectivity index (χ0v) is 9.53. The van der Waals surface area contributed by atoms with Crippen LogP contribution in [0.3, 0.4) is 0 Å². The Morgan fingerprint density at radius 2 is 2.40 bits per heavy atom. The molecule has 0 fully saturated rings. The molecule has 6 heteroatoms. The van der Waals surface area contributed by atoms with Crippen LogP contribution in [0.15, 0.2) is 18.5 Å². The lowest BCUT2D eigenvalue weighted by molar-refractivity contribution is 0.560. The summed E-state index contributed by atoms with van der Waals surface area (Å²) < 4.78 is 1.89. The summed E-state index contributed by atoms with van der Waals surface area (Å²) in [7, 11) is 0. The van der Waals surface area contributed by atoms with E-state index in [1.54, 1.807) is 17.5 Å². The lowest BCUT2D eigenvalue weighted by atomic mass is 10.3. The maximum atomic E-state index is 4.15. The van der Waals surface area contributed by atoms with Crippen molar-refractivity contribution in [2.24, 2.45) is 0 Å². The molecule has 2 heterocycles. The van der Waals surface area contributed by atoms with Crippen LogP contribution in [-0.2, 0) is 6.54 Å². The molecule has 2 aromatic heterocycles. The van der Waals surface area contributed by atoms with E-state index < -0.39 is 0 Å². The van der Waals surface area contributed by atoms with Crippen molar-refractivity contribution in [2.75, 3.05) is 5.32 Å². The largest absolute Gasteiger partial charge is 0.356 e. The Kier molecular flexibility index (Phi) is 2.96. The van der Waals surface area contributed by atoms with Crippen molar-refractivity contribution in [2.45, 2.75) is 26.4 Å². The summed E-state index contributed by atoms with van der Waals surface area (Å²) in [6.07, 6.45) is 3.73. The Labute approximate surface area is 92.2 Å². The second-order valence-corrected chi connectivity index (χ2v) is 4.58. The van der Waals surface area contributed by atoms with Gasteiger partial charge in [0.25, 0.3) is 0 Å². The number of hydrogen-bond acceptors (Lipinski definition) is 5. The number of aryl methyl sites for hydroxylation is 1. The first-order valence-electron chi connectivity index (χ1n) is 4.78. The van der Waals surface area contributed by atoms with Gasteiger partial charge in [-0.15, -0.1) is 10.2 Å². The van der Waals surface area contributed by atoms with Gasteiger partial charge in [0.15, 0.2) is 0 Å². The lowest BCUT2D eigenvalue weighted by Crippen LogP contribution is -2.22. The average Bonchev–Trinajstić information content (AvgIpc) is 2.77. The van der Waals surface area contributed by atoms with E-state index in [4.69, 9.17) is 0 Å². The molecule has 80 valence electrons. The molecule has 1 atom stereocenters. The smallest absolute Gasteiger partial charge is 0.205 e. The van der Waals surface area contributed by atoms with Gasteiger partial charge in [-0.1, -0.05) is 11.3 Å². The second-order valence-electron chi connectivity index (χ2n) is 3.40. The van der Waals surface area contributed by atoms with Gasteiger partial charge in [-0.05, 0) is 19.9 Å². The minimum Gasteiger partial charge on any atom is -0.356 e. The Balaban J connectivity index is 1.90. The van der Waals surface area contributed by atoms with E-state index in [9.17, 15) is 0 Å². The second kappa shape index (κ2) is 4.39. The number of anilines is 1. The van der Waals surface area contributed by atoms with Gasteiger partial charge in [-0.2, -0.15) is 5.10 Å². The fourth-order valence-corrected chi connectivity index (χ4v) is 2.00. The van der Waals surface area contributed by atoms with E-state index in [1.165, 1.54) is 0 Å². The predicted octanol–water partition coefficient (Wildman–Crippen LogP) is 1.54. The van der Waals surface area contributed by atoms with Gasteiger partial charge in [0.05, 0.1) is 6.54 Å². The number of nitrogens with one attached hydrogen (secondary N) is 1. The van der Waals surface area contributed by atoms with Crippen molar-refractivity contribution in [3.63, 3.8) is 0 Å². The van der Waals surface area contributed by atoms with Crippen LogP contribution in [0, 0.1) is 6.92 Å². The van der Waals surface area contributed by atoms with Crippen LogP contribution in [0.5, 0.6) is 0 Å². The molecule has 0 aliphatic heterocycles. The molecule has 15 heavy (non-hydrogen) atoms. The summed E-state index contributed by atoms with van der Waals surface area (Å²) in [6, 6.07) is 2.21. The molecular formula is C9H13N5S. The first-order chi connectivity index (χ1) is 7.24. The van der Waals surface area contributed by atoms with E-state index in [-0.39, 0.29) is 6.04 Å². The summed E-state index contributed by atoms with van der Waals surface area (Å²) in [4.78, 5) is 0. The third-order valence-corrected chi connectivity index (χ3v) is 2.69. The number of rotatable bonds is 4. The number of hydrogen-bond donors (Lipinski definition) is 1. The summed E-state index contributed by atoms with van der Waals surface area (Å²) >= 11 is 1.57. The fourth-order valence-electron chi connectivity index (χ4n) is 1.30. The molecule has 5 nitrogen and oxygen atoms in total. The molecule has 0 aliphatic carbocycles. The molecule has 1 N–H and O–H groups in total. The molecule has 0 spiro atoms. The minimum atomic E-state index is 0.289. The highest BCUT2D eigenvalue weighted by molar-refractivity contribution is 7.15. The lowest BCUT2D eigenvalue weighted by Gasteiger charge is -2.11. The van der Waals surface area contributed by atoms with Crippen molar-refractivity contribution < 1.29 is 0 Å². The molecule has 2 rings (SSSR count). The Morgan fingerprint density at radius 1 is 1.53 bits per heavy atom. The van der Waals surface area contributed by atoms with Gasteiger partial charge in [-0.25, -0.2) is 0 Å². The highest BCUT2D eigenvalue weighted by Crippen LogP contribution is 2.14. The monoisotopic (exact) mass is 223 g/mol. The maximum Gasteiger partial charge on any atom is 0.205 e. The molecule has 0 aromatic carbocycles. The van der Waals surface area contributed by atoms with E-state index in [0.29, 0.717) is 0 Å². The van der Waals surface area contributed by atoms with Gasteiger partial charge in [0.1, 0.15) is 5.01 Å². The first kappa shape index (κ1) is 10.1. The predicted molar refractivity (Wildman–Crippen MR) is 60.0 cm³/mol. The number of nitrogens with zero attached hydrogens (tertiary/aromatic N) is 4. The summed E-state index contributed by atoms with van der Waals surface area (Å²) in [6.45, 7) is 4.87. The molecule has 2 aromatic rings. The quantitative estimate of drug-likeness (QED) is 0.854. The van der Waals surface area contributed by atoms with E-state index in [1.807, 2.05) is 23.9 Å². The van der Waals surface area contributed by atoms with Crippen LogP contribution in [0.4, 0.5) is 5.13 Å². The summed E-state index contributed by atoms with van der Waals surface area (Å²) in [5.74, 6) is 0. The van der Waals surface area contributed by atoms with Crippen LogP contribution < -0.4 is 5.32 Å². The zero-order valence-electron chi connectivity index (χ0n) is 8.71. The minimum absolute atomic E-state index is 0.289. The van der Waals surface area contributed by atoms with Gasteiger partial charge in [0.2, 0.25) is 5.13 Å². The Morgan fingerprint density at radius 3 is 3.00 bits per heavy atom. The van der Waals surface area contributed by atoms with Crippen molar-refractivity contribution >= 4 is 16.5 Å². The normalized spacial score (nSPS) is 12.7. The van der Waals surface area contributed by atoms with E-state index in [0.717, 1.165) is 16.7 Å². The topological polar surface area (TPSA) is 55.6 Å². The fraction of sp³-hybridized carbons (Fsp3) is 0.444. The van der Waals surface area contributed by atoms with Gasteiger partial charge < -0.3 is 5.32 Å². The highest BCUT2D eigenvalue weighted by Gasteiger charge is 2.06. The van der Waals surface area contributed by atoms with Gasteiger partial charge in [0, 0.05) is 18.4 Å². The molecule has 0 saturated heterocycles. The summed E-state index contributed by atoms with van der Waals surface area (Å²) in [5.41, 5.74) is 0. The van der Waals surface area contributed by atoms with Crippen LogP contribution in [-0.4, -0.2) is 26.0 Å². The van der Waals surface area contributed by atoms with Crippen LogP contribution in [0.1, 0.15) is 11.9 Å². The molecule has 0 bridgehead atoms. The zero-order chi connectivity index (χ0) is 10.7. The first-order valence-corrected chi connectivity index (χ1v) is 5.60. The van der Waals surface area contributed by atoms with E-state index >= 15 is 0 Å². The SMILES string of the molecule is Cc1nnc(NC(C)Cn2cccn2)s1. The van der Waals surface area contributed by atoms with Gasteiger partial charge >= 0.3 is 0 Å². The van der Waals surface area contributed by atoms with E-state index in [2.05, 4.69) is 27.5 Å². The standard InChI is InChI=1S/C9H13N5S/c1-7(6-14-5-3-4-10-14)11-9-13-12-8(2)15-9/h3-5,7H,6H2,1-2H3,(H,11,13). The molecule has 0 radical (unpaired) electrons.